The van der Waals surface area contributed by atoms with Gasteiger partial charge in [-0.2, -0.15) is 5.10 Å². The number of benzene rings is 1. The number of halogens is 1. The molecule has 0 saturated heterocycles. The lowest BCUT2D eigenvalue weighted by molar-refractivity contribution is -0.129. The molecule has 2 aromatic rings. The van der Waals surface area contributed by atoms with E-state index in [0.29, 0.717) is 12.8 Å². The van der Waals surface area contributed by atoms with E-state index in [2.05, 4.69) is 52.4 Å². The van der Waals surface area contributed by atoms with Gasteiger partial charge in [0.2, 0.25) is 5.91 Å². The number of nitrogens with one attached hydrogen (secondary N) is 1. The Kier molecular flexibility index (Phi) is 8.00. The topological polar surface area (TPSA) is 50.2 Å². The van der Waals surface area contributed by atoms with Gasteiger partial charge in [0.05, 0.1) is 17.9 Å². The number of hydrogen-bond donors (Lipinski definition) is 1. The number of rotatable bonds is 7. The van der Waals surface area contributed by atoms with Gasteiger partial charge in [0.25, 0.3) is 0 Å². The molecule has 7 heteroatoms. The zero-order valence-electron chi connectivity index (χ0n) is 15.4. The van der Waals surface area contributed by atoms with Crippen molar-refractivity contribution in [3.05, 3.63) is 47.3 Å². The van der Waals surface area contributed by atoms with Crippen molar-refractivity contribution >= 4 is 30.1 Å². The fourth-order valence-electron chi connectivity index (χ4n) is 2.86. The average molecular weight is 395 g/mol. The average Bonchev–Trinajstić information content (AvgIpc) is 3.04. The fraction of sp³-hybridized carbons (Fsp3) is 0.474. The zero-order valence-corrected chi connectivity index (χ0v) is 17.0. The fourth-order valence-corrected chi connectivity index (χ4v) is 3.79. The minimum Gasteiger partial charge on any atom is -0.345 e. The minimum absolute atomic E-state index is 0. The molecule has 0 unspecified atom stereocenters. The van der Waals surface area contributed by atoms with Gasteiger partial charge in [0.1, 0.15) is 0 Å². The molecule has 1 N–H and O–H groups in total. The number of fused-ring (bicyclic) bond motifs is 1. The summed E-state index contributed by atoms with van der Waals surface area (Å²) < 4.78 is 2.05. The number of aromatic nitrogens is 2. The highest BCUT2D eigenvalue weighted by Crippen LogP contribution is 2.18. The first kappa shape index (κ1) is 20.8. The molecule has 2 heterocycles. The maximum atomic E-state index is 12.3. The van der Waals surface area contributed by atoms with E-state index in [9.17, 15) is 4.79 Å². The highest BCUT2D eigenvalue weighted by molar-refractivity contribution is 7.99. The van der Waals surface area contributed by atoms with E-state index in [-0.39, 0.29) is 18.3 Å². The third kappa shape index (κ3) is 5.76. The van der Waals surface area contributed by atoms with Gasteiger partial charge in [-0.25, -0.2) is 0 Å². The Bertz CT molecular complexity index is 693. The van der Waals surface area contributed by atoms with Gasteiger partial charge in [0.15, 0.2) is 0 Å². The van der Waals surface area contributed by atoms with Gasteiger partial charge in [-0.15, -0.1) is 24.2 Å². The highest BCUT2D eigenvalue weighted by atomic mass is 35.5. The van der Waals surface area contributed by atoms with Gasteiger partial charge in [-0.3, -0.25) is 9.48 Å². The summed E-state index contributed by atoms with van der Waals surface area (Å²) in [7, 11) is 1.89. The lowest BCUT2D eigenvalue weighted by Gasteiger charge is -2.16. The summed E-state index contributed by atoms with van der Waals surface area (Å²) in [5.74, 6) is 1.10. The molecule has 0 radical (unpaired) electrons. The van der Waals surface area contributed by atoms with Crippen LogP contribution in [0.15, 0.2) is 35.2 Å². The highest BCUT2D eigenvalue weighted by Gasteiger charge is 2.14. The van der Waals surface area contributed by atoms with E-state index in [1.165, 1.54) is 16.2 Å². The van der Waals surface area contributed by atoms with E-state index in [0.717, 1.165) is 37.6 Å². The number of amides is 1. The molecule has 1 aromatic carbocycles. The second kappa shape index (κ2) is 10.00. The predicted molar refractivity (Wildman–Crippen MR) is 109 cm³/mol. The van der Waals surface area contributed by atoms with Crippen molar-refractivity contribution in [3.63, 3.8) is 0 Å². The van der Waals surface area contributed by atoms with Crippen molar-refractivity contribution in [3.8, 4) is 0 Å². The summed E-state index contributed by atoms with van der Waals surface area (Å²) in [6.45, 7) is 5.61. The number of nitrogens with zero attached hydrogens (tertiary/aromatic N) is 3. The molecule has 0 aliphatic carbocycles. The standard InChI is InChI=1S/C19H26N4OS.ClH/c1-15-3-6-18(7-4-15)25-12-11-22(2)19(24)8-5-16-13-17-14-20-9-10-23(17)21-16;/h3-4,6-7,13,20H,5,8-12,14H2,1-2H3;1H. The summed E-state index contributed by atoms with van der Waals surface area (Å²) in [4.78, 5) is 15.4. The summed E-state index contributed by atoms with van der Waals surface area (Å²) in [6, 6.07) is 10.6. The van der Waals surface area contributed by atoms with Crippen molar-refractivity contribution < 1.29 is 4.79 Å². The van der Waals surface area contributed by atoms with Crippen molar-refractivity contribution in [2.75, 3.05) is 25.9 Å². The third-order valence-electron chi connectivity index (χ3n) is 4.46. The van der Waals surface area contributed by atoms with Crippen LogP contribution in [0, 0.1) is 6.92 Å². The van der Waals surface area contributed by atoms with Crippen LogP contribution in [0.25, 0.3) is 0 Å². The Balaban J connectivity index is 0.00000243. The first-order valence-electron chi connectivity index (χ1n) is 8.81. The Morgan fingerprint density at radius 1 is 1.35 bits per heavy atom. The van der Waals surface area contributed by atoms with Crippen molar-refractivity contribution in [2.45, 2.75) is 37.8 Å². The van der Waals surface area contributed by atoms with Gasteiger partial charge in [0, 0.05) is 50.2 Å². The van der Waals surface area contributed by atoms with Crippen LogP contribution in [0.3, 0.4) is 0 Å². The van der Waals surface area contributed by atoms with Crippen molar-refractivity contribution in [1.29, 1.82) is 0 Å². The van der Waals surface area contributed by atoms with Crippen molar-refractivity contribution in [2.24, 2.45) is 0 Å². The Morgan fingerprint density at radius 3 is 2.85 bits per heavy atom. The molecule has 3 rings (SSSR count). The lowest BCUT2D eigenvalue weighted by Crippen LogP contribution is -2.29. The molecule has 1 aliphatic heterocycles. The smallest absolute Gasteiger partial charge is 0.222 e. The monoisotopic (exact) mass is 394 g/mol. The zero-order chi connectivity index (χ0) is 17.6. The lowest BCUT2D eigenvalue weighted by atomic mass is 10.2. The summed E-state index contributed by atoms with van der Waals surface area (Å²) >= 11 is 1.79. The first-order valence-corrected chi connectivity index (χ1v) is 9.80. The summed E-state index contributed by atoms with van der Waals surface area (Å²) in [5, 5.41) is 7.93. The van der Waals surface area contributed by atoms with Crippen LogP contribution in [0.5, 0.6) is 0 Å². The molecule has 0 saturated carbocycles. The van der Waals surface area contributed by atoms with Crippen LogP contribution in [-0.4, -0.2) is 46.5 Å². The Hall–Kier alpha value is -1.50. The molecule has 0 bridgehead atoms. The Labute approximate surface area is 165 Å². The predicted octanol–water partition coefficient (Wildman–Crippen LogP) is 2.90. The molecule has 0 fully saturated rings. The van der Waals surface area contributed by atoms with Gasteiger partial charge in [-0.05, 0) is 25.1 Å². The molecule has 1 amide bonds. The van der Waals surface area contributed by atoms with Crippen LogP contribution in [-0.2, 0) is 24.3 Å². The maximum absolute atomic E-state index is 12.3. The van der Waals surface area contributed by atoms with Gasteiger partial charge >= 0.3 is 0 Å². The molecule has 1 aliphatic rings. The van der Waals surface area contributed by atoms with E-state index in [4.69, 9.17) is 0 Å². The molecule has 26 heavy (non-hydrogen) atoms. The molecule has 1 aromatic heterocycles. The molecular formula is C19H27ClN4OS. The number of thioether (sulfide) groups is 1. The maximum Gasteiger partial charge on any atom is 0.222 e. The van der Waals surface area contributed by atoms with E-state index < -0.39 is 0 Å². The molecule has 5 nitrogen and oxygen atoms in total. The molecule has 0 spiro atoms. The van der Waals surface area contributed by atoms with Gasteiger partial charge < -0.3 is 10.2 Å². The number of carbonyl (C=O) groups is 1. The second-order valence-electron chi connectivity index (χ2n) is 6.50. The van der Waals surface area contributed by atoms with E-state index in [1.807, 2.05) is 11.9 Å². The normalized spacial score (nSPS) is 13.0. The first-order chi connectivity index (χ1) is 12.1. The molecule has 0 atom stereocenters. The van der Waals surface area contributed by atoms with Crippen LogP contribution < -0.4 is 5.32 Å². The van der Waals surface area contributed by atoms with E-state index >= 15 is 0 Å². The van der Waals surface area contributed by atoms with Gasteiger partial charge in [-0.1, -0.05) is 17.7 Å². The van der Waals surface area contributed by atoms with Crippen LogP contribution in [0.4, 0.5) is 0 Å². The van der Waals surface area contributed by atoms with Crippen molar-refractivity contribution in [1.82, 2.24) is 20.0 Å². The minimum atomic E-state index is 0. The van der Waals surface area contributed by atoms with Crippen LogP contribution in [0.2, 0.25) is 0 Å². The third-order valence-corrected chi connectivity index (χ3v) is 5.45. The summed E-state index contributed by atoms with van der Waals surface area (Å²) in [6.07, 6.45) is 1.24. The number of hydrogen-bond acceptors (Lipinski definition) is 4. The number of carbonyl (C=O) groups excluding carboxylic acids is 1. The number of aryl methyl sites for hydroxylation is 2. The SMILES string of the molecule is Cc1ccc(SCCN(C)C(=O)CCc2cc3n(n2)CCNC3)cc1.Cl. The Morgan fingerprint density at radius 2 is 2.12 bits per heavy atom. The molecule has 142 valence electrons. The van der Waals surface area contributed by atoms with E-state index in [1.54, 1.807) is 11.8 Å². The molecular weight excluding hydrogens is 368 g/mol. The summed E-state index contributed by atoms with van der Waals surface area (Å²) in [5.41, 5.74) is 3.51. The van der Waals surface area contributed by atoms with Crippen LogP contribution >= 0.6 is 24.2 Å². The largest absolute Gasteiger partial charge is 0.345 e. The quantitative estimate of drug-likeness (QED) is 0.733. The second-order valence-corrected chi connectivity index (χ2v) is 7.67. The van der Waals surface area contributed by atoms with Crippen LogP contribution in [0.1, 0.15) is 23.4 Å².